The number of alkyl halides is 3. The number of carbonyl (C=O) groups is 1. The van der Waals surface area contributed by atoms with Crippen LogP contribution < -0.4 is 9.47 Å². The molecule has 1 aromatic rings. The molecular weight excluding hydrogens is 405 g/mol. The Morgan fingerprint density at radius 2 is 1.89 bits per heavy atom. The average Bonchev–Trinajstić information content (AvgIpc) is 3.03. The minimum absolute atomic E-state index is 0.169. The third-order valence-electron chi connectivity index (χ3n) is 4.11. The molecule has 1 N–H and O–H groups in total. The zero-order chi connectivity index (χ0) is 21.0. The molecule has 1 aliphatic carbocycles. The van der Waals surface area contributed by atoms with Gasteiger partial charge in [-0.1, -0.05) is 6.58 Å². The molecule has 0 heterocycles. The predicted octanol–water partition coefficient (Wildman–Crippen LogP) is 3.51. The third kappa shape index (κ3) is 6.41. The maximum atomic E-state index is 12.7. The molecule has 28 heavy (non-hydrogen) atoms. The minimum atomic E-state index is -4.97. The van der Waals surface area contributed by atoms with E-state index in [0.29, 0.717) is 12.8 Å². The highest BCUT2D eigenvalue weighted by molar-refractivity contribution is 7.85. The van der Waals surface area contributed by atoms with Gasteiger partial charge < -0.3 is 14.2 Å². The van der Waals surface area contributed by atoms with E-state index in [4.69, 9.17) is 14.0 Å². The van der Waals surface area contributed by atoms with Crippen molar-refractivity contribution >= 4 is 16.1 Å². The van der Waals surface area contributed by atoms with Crippen LogP contribution in [0, 0.1) is 0 Å². The fraction of sp³-hybridized carbons (Fsp3) is 0.471. The quantitative estimate of drug-likeness (QED) is 0.387. The van der Waals surface area contributed by atoms with E-state index >= 15 is 0 Å². The molecule has 0 radical (unpaired) electrons. The molecule has 7 nitrogen and oxygen atoms in total. The van der Waals surface area contributed by atoms with E-state index in [1.165, 1.54) is 6.08 Å². The van der Waals surface area contributed by atoms with Gasteiger partial charge in [0.05, 0.1) is 5.56 Å². The number of hydrogen-bond acceptors (Lipinski definition) is 6. The van der Waals surface area contributed by atoms with Gasteiger partial charge in [-0.15, -0.1) is 13.2 Å². The Hall–Kier alpha value is -2.27. The topological polar surface area (TPSA) is 99.1 Å². The first-order chi connectivity index (χ1) is 12.9. The summed E-state index contributed by atoms with van der Waals surface area (Å²) < 4.78 is 82.4. The van der Waals surface area contributed by atoms with Gasteiger partial charge >= 0.3 is 12.3 Å². The van der Waals surface area contributed by atoms with Gasteiger partial charge in [0.2, 0.25) is 0 Å². The van der Waals surface area contributed by atoms with Gasteiger partial charge in [-0.2, -0.15) is 8.42 Å². The van der Waals surface area contributed by atoms with Crippen LogP contribution >= 0.6 is 0 Å². The van der Waals surface area contributed by atoms with E-state index in [0.717, 1.165) is 31.0 Å². The standard InChI is InChI=1S/C17H19F3O7S/c1-2-16(7-3-4-8-16)26-14-11-12(5-6-13(14)27-17(18,19)20)15(21)25-9-10-28(22,23)24/h2,5-6,11H,1,3-4,7-10H2,(H,22,23,24). The van der Waals surface area contributed by atoms with Gasteiger partial charge in [0.25, 0.3) is 10.1 Å². The maximum absolute atomic E-state index is 12.7. The number of benzene rings is 1. The van der Waals surface area contributed by atoms with Crippen molar-refractivity contribution in [2.24, 2.45) is 0 Å². The minimum Gasteiger partial charge on any atom is -0.479 e. The molecule has 1 aliphatic rings. The maximum Gasteiger partial charge on any atom is 0.573 e. The van der Waals surface area contributed by atoms with Crippen LogP contribution in [0.5, 0.6) is 11.5 Å². The van der Waals surface area contributed by atoms with Crippen molar-refractivity contribution in [1.82, 2.24) is 0 Å². The summed E-state index contributed by atoms with van der Waals surface area (Å²) in [5.41, 5.74) is -1.05. The number of hydrogen-bond donors (Lipinski definition) is 1. The summed E-state index contributed by atoms with van der Waals surface area (Å²) in [5, 5.41) is 0. The molecule has 0 spiro atoms. The highest BCUT2D eigenvalue weighted by Gasteiger charge is 2.37. The van der Waals surface area contributed by atoms with E-state index in [2.05, 4.69) is 11.3 Å². The molecule has 0 atom stereocenters. The van der Waals surface area contributed by atoms with Crippen molar-refractivity contribution in [2.45, 2.75) is 37.6 Å². The molecule has 0 saturated heterocycles. The summed E-state index contributed by atoms with van der Waals surface area (Å²) in [6.45, 7) is 3.06. The van der Waals surface area contributed by atoms with Gasteiger partial charge in [-0.3, -0.25) is 4.55 Å². The zero-order valence-electron chi connectivity index (χ0n) is 14.7. The Kier molecular flexibility index (Phi) is 6.60. The summed E-state index contributed by atoms with van der Waals surface area (Å²) >= 11 is 0. The highest BCUT2D eigenvalue weighted by atomic mass is 32.2. The van der Waals surface area contributed by atoms with Crippen LogP contribution in [0.25, 0.3) is 0 Å². The van der Waals surface area contributed by atoms with Gasteiger partial charge in [-0.25, -0.2) is 4.79 Å². The van der Waals surface area contributed by atoms with Gasteiger partial charge in [0, 0.05) is 0 Å². The molecule has 1 saturated carbocycles. The van der Waals surface area contributed by atoms with Crippen LogP contribution in [-0.2, 0) is 14.9 Å². The Labute approximate surface area is 159 Å². The lowest BCUT2D eigenvalue weighted by Gasteiger charge is -2.28. The van der Waals surface area contributed by atoms with Crippen LogP contribution in [0.3, 0.4) is 0 Å². The molecule has 1 fully saturated rings. The van der Waals surface area contributed by atoms with Crippen molar-refractivity contribution < 1.29 is 45.1 Å². The second-order valence-electron chi connectivity index (χ2n) is 6.21. The fourth-order valence-corrected chi connectivity index (χ4v) is 3.08. The molecule has 156 valence electrons. The lowest BCUT2D eigenvalue weighted by atomic mass is 10.0. The molecular formula is C17H19F3O7S. The summed E-state index contributed by atoms with van der Waals surface area (Å²) in [6.07, 6.45) is -0.755. The lowest BCUT2D eigenvalue weighted by molar-refractivity contribution is -0.275. The summed E-state index contributed by atoms with van der Waals surface area (Å²) in [4.78, 5) is 12.0. The van der Waals surface area contributed by atoms with E-state index in [9.17, 15) is 26.4 Å². The smallest absolute Gasteiger partial charge is 0.479 e. The first kappa shape index (κ1) is 22.0. The number of rotatable bonds is 8. The van der Waals surface area contributed by atoms with Gasteiger partial charge in [0.15, 0.2) is 11.5 Å². The van der Waals surface area contributed by atoms with Gasteiger partial charge in [0.1, 0.15) is 18.0 Å². The second kappa shape index (κ2) is 8.39. The number of carbonyl (C=O) groups excluding carboxylic acids is 1. The summed E-state index contributed by atoms with van der Waals surface area (Å²) in [7, 11) is -4.32. The second-order valence-corrected chi connectivity index (χ2v) is 7.78. The molecule has 0 aliphatic heterocycles. The molecule has 0 aromatic heterocycles. The van der Waals surface area contributed by atoms with E-state index in [1.807, 2.05) is 0 Å². The zero-order valence-corrected chi connectivity index (χ0v) is 15.5. The molecule has 11 heteroatoms. The van der Waals surface area contributed by atoms with Crippen molar-refractivity contribution in [1.29, 1.82) is 0 Å². The summed E-state index contributed by atoms with van der Waals surface area (Å²) in [6, 6.07) is 2.97. The monoisotopic (exact) mass is 424 g/mol. The molecule has 0 unspecified atom stereocenters. The first-order valence-corrected chi connectivity index (χ1v) is 9.89. The predicted molar refractivity (Wildman–Crippen MR) is 91.8 cm³/mol. The lowest BCUT2D eigenvalue weighted by Crippen LogP contribution is -2.30. The number of halogens is 3. The van der Waals surface area contributed by atoms with Crippen LogP contribution in [0.4, 0.5) is 13.2 Å². The molecule has 2 rings (SSSR count). The highest BCUT2D eigenvalue weighted by Crippen LogP contribution is 2.40. The first-order valence-electron chi connectivity index (χ1n) is 8.28. The Morgan fingerprint density at radius 3 is 2.43 bits per heavy atom. The third-order valence-corrected chi connectivity index (χ3v) is 4.80. The van der Waals surface area contributed by atoms with E-state index in [-0.39, 0.29) is 11.3 Å². The fourth-order valence-electron chi connectivity index (χ4n) is 2.79. The number of esters is 1. The Morgan fingerprint density at radius 1 is 1.25 bits per heavy atom. The molecule has 1 aromatic carbocycles. The largest absolute Gasteiger partial charge is 0.573 e. The normalized spacial score (nSPS) is 16.4. The Bertz CT molecular complexity index is 828. The van der Waals surface area contributed by atoms with E-state index in [1.54, 1.807) is 0 Å². The van der Waals surface area contributed by atoms with Crippen molar-refractivity contribution in [3.63, 3.8) is 0 Å². The SMILES string of the molecule is C=CC1(Oc2cc(C(=O)OCCS(=O)(=O)O)ccc2OC(F)(F)F)CCCC1. The van der Waals surface area contributed by atoms with Crippen molar-refractivity contribution in [3.05, 3.63) is 36.4 Å². The van der Waals surface area contributed by atoms with Gasteiger partial charge in [-0.05, 0) is 50.0 Å². The van der Waals surface area contributed by atoms with E-state index < -0.39 is 46.2 Å². The van der Waals surface area contributed by atoms with Crippen molar-refractivity contribution in [2.75, 3.05) is 12.4 Å². The van der Waals surface area contributed by atoms with Crippen LogP contribution in [0.2, 0.25) is 0 Å². The van der Waals surface area contributed by atoms with Crippen LogP contribution in [0.1, 0.15) is 36.0 Å². The van der Waals surface area contributed by atoms with Crippen molar-refractivity contribution in [3.8, 4) is 11.5 Å². The van der Waals surface area contributed by atoms with Crippen LogP contribution in [-0.4, -0.2) is 43.3 Å². The molecule has 0 bridgehead atoms. The van der Waals surface area contributed by atoms with Crippen LogP contribution in [0.15, 0.2) is 30.9 Å². The average molecular weight is 424 g/mol. The molecule has 0 amide bonds. The number of ether oxygens (including phenoxy) is 3. The summed E-state index contributed by atoms with van der Waals surface area (Å²) in [5.74, 6) is -2.75. The Balaban J connectivity index is 2.26.